The fraction of sp³-hybridized carbons (Fsp3) is 0.250. The molecule has 3 N–H and O–H groups in total. The maximum absolute atomic E-state index is 12.4. The fourth-order valence-electron chi connectivity index (χ4n) is 2.13. The number of nitrogens with one attached hydrogen (secondary N) is 1. The topological polar surface area (TPSA) is 68.0 Å². The Bertz CT molecular complexity index is 569. The molecule has 20 heavy (non-hydrogen) atoms. The van der Waals surface area contributed by atoms with Gasteiger partial charge < -0.3 is 11.1 Å². The van der Waals surface area contributed by atoms with Crippen LogP contribution in [0.1, 0.15) is 34.5 Å². The minimum atomic E-state index is -0.0710. The predicted molar refractivity (Wildman–Crippen MR) is 79.3 cm³/mol. The van der Waals surface area contributed by atoms with Crippen LogP contribution in [-0.2, 0) is 6.42 Å². The van der Waals surface area contributed by atoms with Crippen molar-refractivity contribution in [1.82, 2.24) is 10.3 Å². The third kappa shape index (κ3) is 3.42. The second kappa shape index (κ2) is 6.82. The van der Waals surface area contributed by atoms with Gasteiger partial charge in [0.15, 0.2) is 0 Å². The van der Waals surface area contributed by atoms with Gasteiger partial charge in [0.1, 0.15) is 0 Å². The number of hydrogen-bond donors (Lipinski definition) is 2. The van der Waals surface area contributed by atoms with Crippen molar-refractivity contribution in [1.29, 1.82) is 0 Å². The molecule has 1 atom stereocenters. The predicted octanol–water partition coefficient (Wildman–Crippen LogP) is 2.07. The number of pyridine rings is 1. The van der Waals surface area contributed by atoms with Gasteiger partial charge in [-0.2, -0.15) is 0 Å². The molecule has 0 saturated carbocycles. The molecule has 0 fully saturated rings. The lowest BCUT2D eigenvalue weighted by Gasteiger charge is -2.15. The first kappa shape index (κ1) is 14.2. The van der Waals surface area contributed by atoms with Gasteiger partial charge in [0, 0.05) is 18.0 Å². The van der Waals surface area contributed by atoms with Crippen molar-refractivity contribution >= 4 is 5.91 Å². The van der Waals surface area contributed by atoms with Crippen LogP contribution < -0.4 is 11.1 Å². The van der Waals surface area contributed by atoms with Crippen molar-refractivity contribution in [3.05, 3.63) is 65.5 Å². The van der Waals surface area contributed by atoms with E-state index >= 15 is 0 Å². The molecule has 1 aromatic heterocycles. The molecule has 0 aliphatic heterocycles. The van der Waals surface area contributed by atoms with Crippen LogP contribution in [0, 0.1) is 0 Å². The molecule has 0 radical (unpaired) electrons. The summed E-state index contributed by atoms with van der Waals surface area (Å²) in [6.07, 6.45) is 4.15. The lowest BCUT2D eigenvalue weighted by atomic mass is 10.0. The number of carbonyl (C=O) groups is 1. The highest BCUT2D eigenvalue weighted by Crippen LogP contribution is 2.14. The zero-order valence-corrected chi connectivity index (χ0v) is 11.5. The molecule has 0 aliphatic rings. The maximum Gasteiger partial charge on any atom is 0.252 e. The van der Waals surface area contributed by atoms with Gasteiger partial charge in [-0.1, -0.05) is 18.2 Å². The number of nitrogens with zero attached hydrogens (tertiary/aromatic N) is 1. The van der Waals surface area contributed by atoms with Gasteiger partial charge in [-0.3, -0.25) is 9.78 Å². The van der Waals surface area contributed by atoms with Crippen LogP contribution in [0.5, 0.6) is 0 Å². The summed E-state index contributed by atoms with van der Waals surface area (Å²) < 4.78 is 0. The first-order valence-electron chi connectivity index (χ1n) is 6.71. The van der Waals surface area contributed by atoms with Crippen molar-refractivity contribution in [3.63, 3.8) is 0 Å². The summed E-state index contributed by atoms with van der Waals surface area (Å²) in [6.45, 7) is 2.49. The van der Waals surface area contributed by atoms with Crippen LogP contribution in [0.3, 0.4) is 0 Å². The van der Waals surface area contributed by atoms with Crippen LogP contribution in [-0.4, -0.2) is 17.4 Å². The first-order valence-corrected chi connectivity index (χ1v) is 6.71. The standard InChI is InChI=1S/C16H19N3O/c1-12(13-7-10-18-11-8-13)19-16(20)15-5-3-2-4-14(15)6-9-17/h2-5,7-8,10-12H,6,9,17H2,1H3,(H,19,20)/t12-/m0/s1. The summed E-state index contributed by atoms with van der Waals surface area (Å²) in [5.74, 6) is -0.0710. The van der Waals surface area contributed by atoms with Gasteiger partial charge >= 0.3 is 0 Å². The molecule has 1 amide bonds. The highest BCUT2D eigenvalue weighted by molar-refractivity contribution is 5.95. The summed E-state index contributed by atoms with van der Waals surface area (Å²) in [4.78, 5) is 16.3. The van der Waals surface area contributed by atoms with Crippen LogP contribution in [0.15, 0.2) is 48.8 Å². The zero-order valence-electron chi connectivity index (χ0n) is 11.5. The molecular weight excluding hydrogens is 250 g/mol. The average molecular weight is 269 g/mol. The number of carbonyl (C=O) groups excluding carboxylic acids is 1. The molecule has 0 bridgehead atoms. The van der Waals surface area contributed by atoms with E-state index in [1.807, 2.05) is 43.3 Å². The van der Waals surface area contributed by atoms with Crippen molar-refractivity contribution in [2.24, 2.45) is 5.73 Å². The average Bonchev–Trinajstić information content (AvgIpc) is 2.49. The van der Waals surface area contributed by atoms with E-state index in [0.29, 0.717) is 18.5 Å². The third-order valence-electron chi connectivity index (χ3n) is 3.23. The van der Waals surface area contributed by atoms with E-state index in [1.165, 1.54) is 0 Å². The number of amides is 1. The van der Waals surface area contributed by atoms with E-state index < -0.39 is 0 Å². The summed E-state index contributed by atoms with van der Waals surface area (Å²) in [7, 11) is 0. The molecule has 0 aliphatic carbocycles. The molecule has 0 spiro atoms. The summed E-state index contributed by atoms with van der Waals surface area (Å²) in [6, 6.07) is 11.3. The highest BCUT2D eigenvalue weighted by Gasteiger charge is 2.13. The van der Waals surface area contributed by atoms with Crippen LogP contribution in [0.2, 0.25) is 0 Å². The van der Waals surface area contributed by atoms with Gasteiger partial charge in [0.05, 0.1) is 6.04 Å². The van der Waals surface area contributed by atoms with Crippen molar-refractivity contribution in [2.45, 2.75) is 19.4 Å². The maximum atomic E-state index is 12.4. The van der Waals surface area contributed by atoms with Crippen LogP contribution >= 0.6 is 0 Å². The molecule has 104 valence electrons. The first-order chi connectivity index (χ1) is 9.72. The monoisotopic (exact) mass is 269 g/mol. The van der Waals surface area contributed by atoms with Crippen molar-refractivity contribution in [2.75, 3.05) is 6.54 Å². The van der Waals surface area contributed by atoms with E-state index in [9.17, 15) is 4.79 Å². The normalized spacial score (nSPS) is 11.9. The Kier molecular flexibility index (Phi) is 4.85. The van der Waals surface area contributed by atoms with Gasteiger partial charge in [0.25, 0.3) is 5.91 Å². The molecule has 1 aromatic carbocycles. The smallest absolute Gasteiger partial charge is 0.252 e. The van der Waals surface area contributed by atoms with Gasteiger partial charge in [-0.15, -0.1) is 0 Å². The summed E-state index contributed by atoms with van der Waals surface area (Å²) in [5, 5.41) is 3.00. The van der Waals surface area contributed by atoms with E-state index in [-0.39, 0.29) is 11.9 Å². The van der Waals surface area contributed by atoms with E-state index in [2.05, 4.69) is 10.3 Å². The SMILES string of the molecule is C[C@H](NC(=O)c1ccccc1CCN)c1ccncc1. The van der Waals surface area contributed by atoms with Crippen LogP contribution in [0.4, 0.5) is 0 Å². The largest absolute Gasteiger partial charge is 0.346 e. The lowest BCUT2D eigenvalue weighted by Crippen LogP contribution is -2.27. The van der Waals surface area contributed by atoms with Gasteiger partial charge in [-0.25, -0.2) is 0 Å². The Hall–Kier alpha value is -2.20. The van der Waals surface area contributed by atoms with E-state index in [0.717, 1.165) is 11.1 Å². The number of nitrogens with two attached hydrogens (primary N) is 1. The van der Waals surface area contributed by atoms with E-state index in [4.69, 9.17) is 5.73 Å². The molecule has 0 saturated heterocycles. The fourth-order valence-corrected chi connectivity index (χ4v) is 2.13. The lowest BCUT2D eigenvalue weighted by molar-refractivity contribution is 0.0939. The summed E-state index contributed by atoms with van der Waals surface area (Å²) >= 11 is 0. The highest BCUT2D eigenvalue weighted by atomic mass is 16.1. The molecule has 1 heterocycles. The Morgan fingerprint density at radius 3 is 2.65 bits per heavy atom. The minimum Gasteiger partial charge on any atom is -0.346 e. The molecule has 0 unspecified atom stereocenters. The van der Waals surface area contributed by atoms with Gasteiger partial charge in [0.2, 0.25) is 0 Å². The zero-order chi connectivity index (χ0) is 14.4. The van der Waals surface area contributed by atoms with Crippen molar-refractivity contribution in [3.8, 4) is 0 Å². The number of hydrogen-bond acceptors (Lipinski definition) is 3. The number of benzene rings is 1. The summed E-state index contributed by atoms with van der Waals surface area (Å²) in [5.41, 5.74) is 8.29. The van der Waals surface area contributed by atoms with E-state index in [1.54, 1.807) is 12.4 Å². The number of aromatic nitrogens is 1. The van der Waals surface area contributed by atoms with Gasteiger partial charge in [-0.05, 0) is 49.2 Å². The molecule has 4 nitrogen and oxygen atoms in total. The quantitative estimate of drug-likeness (QED) is 0.873. The Morgan fingerprint density at radius 2 is 1.95 bits per heavy atom. The Balaban J connectivity index is 2.12. The second-order valence-electron chi connectivity index (χ2n) is 4.67. The Labute approximate surface area is 119 Å². The molecule has 2 aromatic rings. The number of rotatable bonds is 5. The third-order valence-corrected chi connectivity index (χ3v) is 3.23. The second-order valence-corrected chi connectivity index (χ2v) is 4.67. The van der Waals surface area contributed by atoms with Crippen LogP contribution in [0.25, 0.3) is 0 Å². The van der Waals surface area contributed by atoms with Crippen molar-refractivity contribution < 1.29 is 4.79 Å². The minimum absolute atomic E-state index is 0.0589. The molecule has 2 rings (SSSR count). The Morgan fingerprint density at radius 1 is 1.25 bits per heavy atom. The molecule has 4 heteroatoms. The molecular formula is C16H19N3O.